The van der Waals surface area contributed by atoms with Gasteiger partial charge in [0.2, 0.25) is 17.7 Å². The van der Waals surface area contributed by atoms with Gasteiger partial charge in [0, 0.05) is 19.0 Å². The molecular formula is C38H55N3O7. The number of nitrogens with one attached hydrogen (secondary N) is 1. The van der Waals surface area contributed by atoms with E-state index < -0.39 is 53.7 Å². The summed E-state index contributed by atoms with van der Waals surface area (Å²) in [5, 5.41) is 13.6. The maximum atomic E-state index is 14.7. The summed E-state index contributed by atoms with van der Waals surface area (Å²) in [6, 6.07) is 6.89. The Hall–Kier alpha value is -3.50. The van der Waals surface area contributed by atoms with Gasteiger partial charge >= 0.3 is 5.97 Å². The van der Waals surface area contributed by atoms with Crippen LogP contribution in [0.2, 0.25) is 0 Å². The molecule has 0 aromatic heterocycles. The molecule has 2 bridgehead atoms. The van der Waals surface area contributed by atoms with Crippen LogP contribution in [0.3, 0.4) is 0 Å². The van der Waals surface area contributed by atoms with Gasteiger partial charge in [-0.2, -0.15) is 0 Å². The second kappa shape index (κ2) is 16.3. The monoisotopic (exact) mass is 665 g/mol. The topological polar surface area (TPSA) is 125 Å². The number of fused-ring (bicyclic) bond motifs is 1. The van der Waals surface area contributed by atoms with E-state index in [1.807, 2.05) is 51.1 Å². The Morgan fingerprint density at radius 1 is 1.17 bits per heavy atom. The zero-order valence-corrected chi connectivity index (χ0v) is 29.3. The second-order valence-electron chi connectivity index (χ2n) is 13.8. The third-order valence-corrected chi connectivity index (χ3v) is 10.7. The Morgan fingerprint density at radius 2 is 1.88 bits per heavy atom. The van der Waals surface area contributed by atoms with Gasteiger partial charge in [-0.15, -0.1) is 13.2 Å². The zero-order valence-electron chi connectivity index (χ0n) is 29.3. The Bertz CT molecular complexity index is 1320. The van der Waals surface area contributed by atoms with Crippen molar-refractivity contribution in [3.63, 3.8) is 0 Å². The molecule has 264 valence electrons. The highest BCUT2D eigenvalue weighted by atomic mass is 16.6. The van der Waals surface area contributed by atoms with E-state index in [2.05, 4.69) is 25.4 Å². The quantitative estimate of drug-likeness (QED) is 0.172. The third-order valence-electron chi connectivity index (χ3n) is 10.7. The molecule has 4 rings (SSSR count). The smallest absolute Gasteiger partial charge is 0.313 e. The molecule has 0 saturated carbocycles. The maximum Gasteiger partial charge on any atom is 0.313 e. The van der Waals surface area contributed by atoms with Crippen molar-refractivity contribution in [2.45, 2.75) is 122 Å². The van der Waals surface area contributed by atoms with E-state index >= 15 is 0 Å². The Balaban J connectivity index is 1.73. The van der Waals surface area contributed by atoms with Crippen LogP contribution in [0.1, 0.15) is 91.2 Å². The van der Waals surface area contributed by atoms with Crippen molar-refractivity contribution in [3.8, 4) is 0 Å². The van der Waals surface area contributed by atoms with E-state index in [0.717, 1.165) is 12.8 Å². The first-order valence-corrected chi connectivity index (χ1v) is 17.7. The maximum absolute atomic E-state index is 14.7. The normalized spacial score (nSPS) is 27.4. The van der Waals surface area contributed by atoms with Gasteiger partial charge in [0.25, 0.3) is 0 Å². The Morgan fingerprint density at radius 3 is 2.48 bits per heavy atom. The molecular weight excluding hydrogens is 610 g/mol. The van der Waals surface area contributed by atoms with Crippen molar-refractivity contribution in [1.29, 1.82) is 0 Å². The predicted molar refractivity (Wildman–Crippen MR) is 183 cm³/mol. The molecule has 2 N–H and O–H groups in total. The van der Waals surface area contributed by atoms with E-state index in [0.29, 0.717) is 37.8 Å². The van der Waals surface area contributed by atoms with Gasteiger partial charge in [0.1, 0.15) is 17.7 Å². The van der Waals surface area contributed by atoms with Crippen molar-refractivity contribution in [1.82, 2.24) is 15.1 Å². The fourth-order valence-electron chi connectivity index (χ4n) is 8.11. The van der Waals surface area contributed by atoms with Crippen LogP contribution < -0.4 is 5.32 Å². The highest BCUT2D eigenvalue weighted by Gasteiger charge is 2.76. The molecule has 0 aliphatic carbocycles. The molecule has 1 aromatic carbocycles. The minimum absolute atomic E-state index is 0.110. The molecule has 3 amide bonds. The van der Waals surface area contributed by atoms with Crippen LogP contribution in [-0.2, 0) is 28.7 Å². The molecule has 3 aliphatic heterocycles. The highest BCUT2D eigenvalue weighted by molar-refractivity contribution is 5.98. The van der Waals surface area contributed by atoms with Crippen LogP contribution in [0.5, 0.6) is 0 Å². The highest BCUT2D eigenvalue weighted by Crippen LogP contribution is 2.59. The summed E-state index contributed by atoms with van der Waals surface area (Å²) >= 11 is 0. The first-order valence-electron chi connectivity index (χ1n) is 17.7. The number of rotatable bonds is 18. The number of aliphatic hydroxyl groups excluding tert-OH is 1. The molecule has 0 radical (unpaired) electrons. The van der Waals surface area contributed by atoms with Crippen LogP contribution in [-0.4, -0.2) is 87.6 Å². The molecule has 3 saturated heterocycles. The number of allylic oxidation sites excluding steroid dienone is 1. The van der Waals surface area contributed by atoms with E-state index in [1.54, 1.807) is 28.9 Å². The lowest BCUT2D eigenvalue weighted by Gasteiger charge is -2.42. The lowest BCUT2D eigenvalue weighted by atomic mass is 9.70. The standard InChI is InChI=1S/C38H55N3O7/c1-8-12-19-30(43)39-26(7)33(27-17-14-13-15-18-27)47-37(46)31-29-20-21-38(48-29)32(31)35(44)41(28(23-42)24(5)11-4)34(38)36(45)40(22-10-3)25(6)16-9-2/h8,10,13-15,17-18,24-26,28-29,31-34,42H,1,3,9,11-12,16,19-23H2,2,4-7H3,(H,39,43)/t24-,25?,26+,28-,29+,31-,32-,33+,34+,38-/m0/s1. The second-order valence-corrected chi connectivity index (χ2v) is 13.8. The third kappa shape index (κ3) is 7.10. The van der Waals surface area contributed by atoms with Gasteiger partial charge in [-0.3, -0.25) is 19.2 Å². The molecule has 10 heteroatoms. The van der Waals surface area contributed by atoms with Crippen LogP contribution in [0.4, 0.5) is 0 Å². The minimum Gasteiger partial charge on any atom is -0.455 e. The minimum atomic E-state index is -1.23. The molecule has 3 fully saturated rings. The van der Waals surface area contributed by atoms with Crippen LogP contribution in [0.15, 0.2) is 55.6 Å². The van der Waals surface area contributed by atoms with Crippen LogP contribution >= 0.6 is 0 Å². The molecule has 10 atom stereocenters. The van der Waals surface area contributed by atoms with Gasteiger partial charge < -0.3 is 29.7 Å². The fraction of sp³-hybridized carbons (Fsp3) is 0.632. The van der Waals surface area contributed by atoms with Crippen molar-refractivity contribution < 1.29 is 33.8 Å². The number of hydrogen-bond acceptors (Lipinski definition) is 7. The van der Waals surface area contributed by atoms with Crippen molar-refractivity contribution in [2.75, 3.05) is 13.2 Å². The average molecular weight is 666 g/mol. The van der Waals surface area contributed by atoms with E-state index in [-0.39, 0.29) is 42.7 Å². The van der Waals surface area contributed by atoms with Crippen molar-refractivity contribution >= 4 is 23.7 Å². The summed E-state index contributed by atoms with van der Waals surface area (Å²) in [6.07, 6.45) is 5.96. The van der Waals surface area contributed by atoms with Crippen molar-refractivity contribution in [2.24, 2.45) is 17.8 Å². The van der Waals surface area contributed by atoms with E-state index in [4.69, 9.17) is 9.47 Å². The summed E-state index contributed by atoms with van der Waals surface area (Å²) in [5.41, 5.74) is -0.530. The number of amides is 3. The van der Waals surface area contributed by atoms with Gasteiger partial charge in [-0.25, -0.2) is 0 Å². The van der Waals surface area contributed by atoms with Gasteiger partial charge in [-0.05, 0) is 51.0 Å². The average Bonchev–Trinajstić information content (AvgIpc) is 3.73. The number of esters is 1. The van der Waals surface area contributed by atoms with Gasteiger partial charge in [-0.1, -0.05) is 76.1 Å². The number of carbonyl (C=O) groups is 4. The number of hydrogen-bond donors (Lipinski definition) is 2. The fourth-order valence-corrected chi connectivity index (χ4v) is 8.11. The predicted octanol–water partition coefficient (Wildman–Crippen LogP) is 4.73. The van der Waals surface area contributed by atoms with E-state index in [9.17, 15) is 24.3 Å². The molecule has 10 nitrogen and oxygen atoms in total. The number of aliphatic hydroxyl groups is 1. The number of ether oxygens (including phenoxy) is 2. The van der Waals surface area contributed by atoms with E-state index in [1.165, 1.54) is 0 Å². The SMILES string of the molecule is C=CCCC(=O)N[C@H](C)[C@@H](OC(=O)[C@@H]1[C@H]2C(=O)N([C@@H](CO)[C@@H](C)CC)[C@H](C(=O)N(CC=C)C(C)CCC)[C@]23CC[C@H]1O3)c1ccccc1. The lowest BCUT2D eigenvalue weighted by Crippen LogP contribution is -2.60. The number of likely N-dealkylation sites (tertiary alicyclic amines) is 1. The number of benzene rings is 1. The van der Waals surface area contributed by atoms with Gasteiger partial charge in [0.05, 0.1) is 36.6 Å². The molecule has 48 heavy (non-hydrogen) atoms. The molecule has 3 heterocycles. The first-order chi connectivity index (χ1) is 23.0. The zero-order chi connectivity index (χ0) is 35.2. The molecule has 3 aliphatic rings. The van der Waals surface area contributed by atoms with Crippen LogP contribution in [0, 0.1) is 17.8 Å². The summed E-state index contributed by atoms with van der Waals surface area (Å²) in [6.45, 7) is 17.3. The van der Waals surface area contributed by atoms with Crippen molar-refractivity contribution in [3.05, 3.63) is 61.2 Å². The Kier molecular flexibility index (Phi) is 12.6. The molecule has 1 spiro atoms. The summed E-state index contributed by atoms with van der Waals surface area (Å²) < 4.78 is 12.9. The summed E-state index contributed by atoms with van der Waals surface area (Å²) in [7, 11) is 0. The summed E-state index contributed by atoms with van der Waals surface area (Å²) in [4.78, 5) is 59.7. The number of carbonyl (C=O) groups excluding carboxylic acids is 4. The lowest BCUT2D eigenvalue weighted by molar-refractivity contribution is -0.163. The van der Waals surface area contributed by atoms with Crippen LogP contribution in [0.25, 0.3) is 0 Å². The Labute approximate surface area is 285 Å². The molecule has 1 unspecified atom stereocenters. The van der Waals surface area contributed by atoms with Gasteiger partial charge in [0.15, 0.2) is 0 Å². The summed E-state index contributed by atoms with van der Waals surface area (Å²) in [5.74, 6) is -3.40. The molecule has 1 aromatic rings. The first kappa shape index (κ1) is 37.3. The largest absolute Gasteiger partial charge is 0.455 e. The number of nitrogens with zero attached hydrogens (tertiary/aromatic N) is 2.